The number of hydrogen-bond donors (Lipinski definition) is 1. The zero-order valence-electron chi connectivity index (χ0n) is 16.7. The number of aromatic nitrogens is 3. The van der Waals surface area contributed by atoms with Crippen LogP contribution in [-0.2, 0) is 17.8 Å². The molecular weight excluding hydrogens is 364 g/mol. The summed E-state index contributed by atoms with van der Waals surface area (Å²) in [5, 5.41) is 11.7. The highest BCUT2D eigenvalue weighted by atomic mass is 16.5. The van der Waals surface area contributed by atoms with Crippen molar-refractivity contribution in [3.05, 3.63) is 60.4 Å². The molecule has 1 N–H and O–H groups in total. The van der Waals surface area contributed by atoms with Crippen LogP contribution in [0.3, 0.4) is 0 Å². The predicted molar refractivity (Wildman–Crippen MR) is 113 cm³/mol. The number of hydrogen-bond acceptors (Lipinski definition) is 4. The molecule has 6 nitrogen and oxygen atoms in total. The Morgan fingerprint density at radius 3 is 2.62 bits per heavy atom. The second kappa shape index (κ2) is 8.90. The summed E-state index contributed by atoms with van der Waals surface area (Å²) in [4.78, 5) is 12.6. The topological polar surface area (TPSA) is 69.0 Å². The van der Waals surface area contributed by atoms with Crippen LogP contribution in [0, 0.1) is 0 Å². The fourth-order valence-corrected chi connectivity index (χ4v) is 3.61. The number of carbonyl (C=O) groups excluding carboxylic acids is 1. The van der Waals surface area contributed by atoms with E-state index >= 15 is 0 Å². The number of para-hydroxylation sites is 1. The summed E-state index contributed by atoms with van der Waals surface area (Å²) in [7, 11) is 0. The Bertz CT molecular complexity index is 951. The van der Waals surface area contributed by atoms with Gasteiger partial charge in [-0.3, -0.25) is 4.79 Å². The van der Waals surface area contributed by atoms with Gasteiger partial charge in [0.25, 0.3) is 5.91 Å². The van der Waals surface area contributed by atoms with Crippen molar-refractivity contribution in [2.24, 2.45) is 0 Å². The van der Waals surface area contributed by atoms with Gasteiger partial charge in [0.05, 0.1) is 0 Å². The molecule has 2 aromatic carbocycles. The third kappa shape index (κ3) is 4.47. The SMILES string of the molecule is CC[C@H](Oc1ccccc1)C(=O)Nc1ccc(-c2nnc3n2CCCCC3)cc1. The van der Waals surface area contributed by atoms with Gasteiger partial charge >= 0.3 is 0 Å². The molecule has 0 radical (unpaired) electrons. The van der Waals surface area contributed by atoms with Crippen LogP contribution in [0.2, 0.25) is 0 Å². The molecule has 2 heterocycles. The van der Waals surface area contributed by atoms with Crippen molar-refractivity contribution in [1.29, 1.82) is 0 Å². The molecule has 6 heteroatoms. The summed E-state index contributed by atoms with van der Waals surface area (Å²) in [6, 6.07) is 17.2. The lowest BCUT2D eigenvalue weighted by Crippen LogP contribution is -2.32. The van der Waals surface area contributed by atoms with Crippen molar-refractivity contribution in [3.8, 4) is 17.1 Å². The highest BCUT2D eigenvalue weighted by Gasteiger charge is 2.19. The molecule has 0 saturated carbocycles. The minimum absolute atomic E-state index is 0.152. The quantitative estimate of drug-likeness (QED) is 0.674. The number of carbonyl (C=O) groups is 1. The number of anilines is 1. The van der Waals surface area contributed by atoms with Crippen LogP contribution in [0.25, 0.3) is 11.4 Å². The van der Waals surface area contributed by atoms with Crippen LogP contribution < -0.4 is 10.1 Å². The molecule has 1 aliphatic heterocycles. The molecule has 150 valence electrons. The monoisotopic (exact) mass is 390 g/mol. The van der Waals surface area contributed by atoms with Gasteiger partial charge in [0.2, 0.25) is 0 Å². The minimum Gasteiger partial charge on any atom is -0.481 e. The zero-order valence-corrected chi connectivity index (χ0v) is 16.7. The Morgan fingerprint density at radius 2 is 1.86 bits per heavy atom. The van der Waals surface area contributed by atoms with Crippen molar-refractivity contribution in [2.75, 3.05) is 5.32 Å². The minimum atomic E-state index is -0.538. The van der Waals surface area contributed by atoms with Gasteiger partial charge in [-0.05, 0) is 55.7 Å². The molecular formula is C23H26N4O2. The first-order valence-electron chi connectivity index (χ1n) is 10.3. The highest BCUT2D eigenvalue weighted by Crippen LogP contribution is 2.24. The molecule has 0 saturated heterocycles. The van der Waals surface area contributed by atoms with Gasteiger partial charge < -0.3 is 14.6 Å². The van der Waals surface area contributed by atoms with Crippen LogP contribution >= 0.6 is 0 Å². The number of rotatable bonds is 6. The molecule has 29 heavy (non-hydrogen) atoms. The van der Waals surface area contributed by atoms with Gasteiger partial charge in [-0.2, -0.15) is 0 Å². The van der Waals surface area contributed by atoms with Gasteiger partial charge in [0, 0.05) is 24.2 Å². The number of aryl methyl sites for hydroxylation is 1. The largest absolute Gasteiger partial charge is 0.481 e. The van der Waals surface area contributed by atoms with Crippen molar-refractivity contribution in [3.63, 3.8) is 0 Å². The standard InChI is InChI=1S/C23H26N4O2/c1-2-20(29-19-9-5-3-6-10-19)23(28)24-18-14-12-17(13-15-18)22-26-25-21-11-7-4-8-16-27(21)22/h3,5-6,9-10,12-15,20H,2,4,7-8,11,16H2,1H3,(H,24,28)/t20-/m0/s1. The van der Waals surface area contributed by atoms with Gasteiger partial charge in [-0.25, -0.2) is 0 Å². The third-order valence-corrected chi connectivity index (χ3v) is 5.20. The third-order valence-electron chi connectivity index (χ3n) is 5.20. The number of benzene rings is 2. The average Bonchev–Trinajstić information content (AvgIpc) is 3.01. The van der Waals surface area contributed by atoms with Gasteiger partial charge in [0.15, 0.2) is 11.9 Å². The van der Waals surface area contributed by atoms with E-state index in [4.69, 9.17) is 4.74 Å². The maximum atomic E-state index is 12.6. The van der Waals surface area contributed by atoms with Crippen LogP contribution in [-0.4, -0.2) is 26.8 Å². The first-order valence-corrected chi connectivity index (χ1v) is 10.3. The summed E-state index contributed by atoms with van der Waals surface area (Å²) in [6.45, 7) is 2.90. The van der Waals surface area contributed by atoms with Crippen LogP contribution in [0.4, 0.5) is 5.69 Å². The first kappa shape index (κ1) is 19.2. The number of nitrogens with one attached hydrogen (secondary N) is 1. The summed E-state index contributed by atoms with van der Waals surface area (Å²) >= 11 is 0. The van der Waals surface area contributed by atoms with E-state index in [0.717, 1.165) is 42.3 Å². The van der Waals surface area contributed by atoms with E-state index in [2.05, 4.69) is 20.1 Å². The molecule has 4 rings (SSSR count). The van der Waals surface area contributed by atoms with Crippen molar-refractivity contribution in [2.45, 2.75) is 51.7 Å². The van der Waals surface area contributed by atoms with Crippen LogP contribution in [0.15, 0.2) is 54.6 Å². The molecule has 3 aromatic rings. The summed E-state index contributed by atoms with van der Waals surface area (Å²) < 4.78 is 8.04. The van der Waals surface area contributed by atoms with Gasteiger partial charge in [-0.1, -0.05) is 31.5 Å². The lowest BCUT2D eigenvalue weighted by molar-refractivity contribution is -0.122. The lowest BCUT2D eigenvalue weighted by atomic mass is 10.1. The summed E-state index contributed by atoms with van der Waals surface area (Å²) in [6.07, 6.45) is 4.60. The van der Waals surface area contributed by atoms with Crippen molar-refractivity contribution >= 4 is 11.6 Å². The molecule has 0 aliphatic carbocycles. The number of nitrogens with zero attached hydrogens (tertiary/aromatic N) is 3. The second-order valence-electron chi connectivity index (χ2n) is 7.30. The van der Waals surface area contributed by atoms with Crippen LogP contribution in [0.1, 0.15) is 38.4 Å². The van der Waals surface area contributed by atoms with E-state index in [0.29, 0.717) is 12.2 Å². The Hall–Kier alpha value is -3.15. The molecule has 0 spiro atoms. The van der Waals surface area contributed by atoms with E-state index in [1.807, 2.05) is 61.5 Å². The van der Waals surface area contributed by atoms with E-state index in [1.54, 1.807) is 0 Å². The lowest BCUT2D eigenvalue weighted by Gasteiger charge is -2.17. The smallest absolute Gasteiger partial charge is 0.265 e. The predicted octanol–water partition coefficient (Wildman–Crippen LogP) is 4.47. The molecule has 0 unspecified atom stereocenters. The number of amides is 1. The molecule has 1 amide bonds. The van der Waals surface area contributed by atoms with E-state index < -0.39 is 6.10 Å². The molecule has 1 aliphatic rings. The Labute approximate surface area is 170 Å². The maximum absolute atomic E-state index is 12.6. The van der Waals surface area contributed by atoms with Crippen LogP contribution in [0.5, 0.6) is 5.75 Å². The highest BCUT2D eigenvalue weighted by molar-refractivity contribution is 5.94. The first-order chi connectivity index (χ1) is 14.2. The zero-order chi connectivity index (χ0) is 20.1. The Balaban J connectivity index is 1.44. The fraction of sp³-hybridized carbons (Fsp3) is 0.348. The van der Waals surface area contributed by atoms with Gasteiger partial charge in [0.1, 0.15) is 11.6 Å². The van der Waals surface area contributed by atoms with E-state index in [-0.39, 0.29) is 5.91 Å². The average molecular weight is 390 g/mol. The Morgan fingerprint density at radius 1 is 1.07 bits per heavy atom. The Kier molecular flexibility index (Phi) is 5.89. The molecule has 1 atom stereocenters. The summed E-state index contributed by atoms with van der Waals surface area (Å²) in [5.74, 6) is 2.51. The van der Waals surface area contributed by atoms with Crippen molar-refractivity contribution < 1.29 is 9.53 Å². The van der Waals surface area contributed by atoms with E-state index in [1.165, 1.54) is 12.8 Å². The summed E-state index contributed by atoms with van der Waals surface area (Å²) in [5.41, 5.74) is 1.75. The van der Waals surface area contributed by atoms with E-state index in [9.17, 15) is 4.79 Å². The molecule has 0 bridgehead atoms. The van der Waals surface area contributed by atoms with Crippen molar-refractivity contribution in [1.82, 2.24) is 14.8 Å². The normalized spacial score (nSPS) is 14.5. The second-order valence-corrected chi connectivity index (χ2v) is 7.30. The number of ether oxygens (including phenoxy) is 1. The number of fused-ring (bicyclic) bond motifs is 1. The fourth-order valence-electron chi connectivity index (χ4n) is 3.61. The molecule has 0 fully saturated rings. The maximum Gasteiger partial charge on any atom is 0.265 e. The van der Waals surface area contributed by atoms with Gasteiger partial charge in [-0.15, -0.1) is 10.2 Å². The molecule has 1 aromatic heterocycles.